The van der Waals surface area contributed by atoms with Crippen LogP contribution in [0, 0.1) is 11.3 Å². The number of nitrogens with zero attached hydrogens (tertiary/aromatic N) is 1. The SMILES string of the molecule is CC1(C)CC1C(=O)N1CCCC1(C)C(=O)O. The van der Waals surface area contributed by atoms with E-state index in [4.69, 9.17) is 0 Å². The molecule has 0 aromatic heterocycles. The summed E-state index contributed by atoms with van der Waals surface area (Å²) in [4.78, 5) is 25.0. The highest BCUT2D eigenvalue weighted by molar-refractivity contribution is 5.90. The summed E-state index contributed by atoms with van der Waals surface area (Å²) in [6, 6.07) is 0. The Hall–Kier alpha value is -1.06. The first-order chi connectivity index (χ1) is 7.29. The first-order valence-corrected chi connectivity index (χ1v) is 5.84. The number of amides is 1. The van der Waals surface area contributed by atoms with Gasteiger partial charge in [-0.05, 0) is 31.6 Å². The molecule has 1 saturated carbocycles. The Morgan fingerprint density at radius 3 is 2.31 bits per heavy atom. The molecule has 1 heterocycles. The Bertz CT molecular complexity index is 350. The minimum absolute atomic E-state index is 0.0317. The van der Waals surface area contributed by atoms with E-state index in [0.717, 1.165) is 12.8 Å². The quantitative estimate of drug-likeness (QED) is 0.774. The highest BCUT2D eigenvalue weighted by Crippen LogP contribution is 2.53. The first kappa shape index (κ1) is 11.4. The van der Waals surface area contributed by atoms with Gasteiger partial charge in [0.2, 0.25) is 5.91 Å². The monoisotopic (exact) mass is 225 g/mol. The van der Waals surface area contributed by atoms with Crippen molar-refractivity contribution in [3.8, 4) is 0 Å². The second-order valence-corrected chi connectivity index (χ2v) is 5.92. The van der Waals surface area contributed by atoms with Crippen LogP contribution in [0.2, 0.25) is 0 Å². The van der Waals surface area contributed by atoms with Crippen LogP contribution in [0.25, 0.3) is 0 Å². The molecule has 90 valence electrons. The molecule has 1 aliphatic carbocycles. The predicted molar refractivity (Wildman–Crippen MR) is 58.9 cm³/mol. The van der Waals surface area contributed by atoms with Crippen molar-refractivity contribution in [2.45, 2.75) is 45.6 Å². The predicted octanol–water partition coefficient (Wildman–Crippen LogP) is 1.50. The van der Waals surface area contributed by atoms with Crippen LogP contribution in [0.1, 0.15) is 40.0 Å². The van der Waals surface area contributed by atoms with E-state index < -0.39 is 11.5 Å². The second kappa shape index (κ2) is 3.22. The van der Waals surface area contributed by atoms with Crippen molar-refractivity contribution in [3.63, 3.8) is 0 Å². The number of hydrogen-bond donors (Lipinski definition) is 1. The molecular formula is C12H19NO3. The summed E-state index contributed by atoms with van der Waals surface area (Å²) in [5.74, 6) is -0.812. The highest BCUT2D eigenvalue weighted by atomic mass is 16.4. The van der Waals surface area contributed by atoms with E-state index in [-0.39, 0.29) is 17.2 Å². The van der Waals surface area contributed by atoms with Crippen LogP contribution < -0.4 is 0 Å². The molecule has 0 radical (unpaired) electrons. The van der Waals surface area contributed by atoms with Crippen LogP contribution in [0.4, 0.5) is 0 Å². The number of carboxylic acids is 1. The second-order valence-electron chi connectivity index (χ2n) is 5.92. The Morgan fingerprint density at radius 2 is 1.88 bits per heavy atom. The largest absolute Gasteiger partial charge is 0.480 e. The maximum absolute atomic E-state index is 12.2. The maximum atomic E-state index is 12.2. The fourth-order valence-electron chi connectivity index (χ4n) is 2.62. The van der Waals surface area contributed by atoms with Gasteiger partial charge >= 0.3 is 5.97 Å². The average molecular weight is 225 g/mol. The van der Waals surface area contributed by atoms with E-state index in [1.807, 2.05) is 0 Å². The van der Waals surface area contributed by atoms with Crippen LogP contribution in [0.5, 0.6) is 0 Å². The molecule has 1 N–H and O–H groups in total. The van der Waals surface area contributed by atoms with Gasteiger partial charge in [-0.3, -0.25) is 4.79 Å². The lowest BCUT2D eigenvalue weighted by molar-refractivity contribution is -0.156. The summed E-state index contributed by atoms with van der Waals surface area (Å²) in [6.07, 6.45) is 2.25. The third kappa shape index (κ3) is 1.51. The van der Waals surface area contributed by atoms with Gasteiger partial charge in [0.15, 0.2) is 0 Å². The van der Waals surface area contributed by atoms with Crippen LogP contribution in [-0.2, 0) is 9.59 Å². The van der Waals surface area contributed by atoms with E-state index >= 15 is 0 Å². The molecule has 4 heteroatoms. The summed E-state index contributed by atoms with van der Waals surface area (Å²) in [5.41, 5.74) is -0.908. The van der Waals surface area contributed by atoms with Crippen molar-refractivity contribution in [1.82, 2.24) is 4.90 Å². The van der Waals surface area contributed by atoms with Crippen LogP contribution in [0.15, 0.2) is 0 Å². The van der Waals surface area contributed by atoms with Gasteiger partial charge in [0.1, 0.15) is 5.54 Å². The molecule has 2 unspecified atom stereocenters. The van der Waals surface area contributed by atoms with Gasteiger partial charge in [0, 0.05) is 12.5 Å². The van der Waals surface area contributed by atoms with Crippen molar-refractivity contribution in [3.05, 3.63) is 0 Å². The number of hydrogen-bond acceptors (Lipinski definition) is 2. The van der Waals surface area contributed by atoms with E-state index in [1.165, 1.54) is 0 Å². The normalized spacial score (nSPS) is 36.2. The Kier molecular flexibility index (Phi) is 2.30. The van der Waals surface area contributed by atoms with E-state index in [9.17, 15) is 14.7 Å². The Balaban J connectivity index is 2.15. The van der Waals surface area contributed by atoms with Crippen molar-refractivity contribution in [2.75, 3.05) is 6.54 Å². The number of aliphatic carboxylic acids is 1. The smallest absolute Gasteiger partial charge is 0.329 e. The van der Waals surface area contributed by atoms with E-state index in [1.54, 1.807) is 11.8 Å². The van der Waals surface area contributed by atoms with E-state index in [0.29, 0.717) is 13.0 Å². The van der Waals surface area contributed by atoms with Gasteiger partial charge < -0.3 is 10.0 Å². The molecule has 0 spiro atoms. The number of carboxylic acid groups (broad SMARTS) is 1. The molecule has 2 rings (SSSR count). The van der Waals surface area contributed by atoms with Crippen molar-refractivity contribution >= 4 is 11.9 Å². The summed E-state index contributed by atoms with van der Waals surface area (Å²) in [5, 5.41) is 9.23. The zero-order chi connectivity index (χ0) is 12.1. The highest BCUT2D eigenvalue weighted by Gasteiger charge is 2.56. The first-order valence-electron chi connectivity index (χ1n) is 5.84. The lowest BCUT2D eigenvalue weighted by Gasteiger charge is -2.31. The molecule has 4 nitrogen and oxygen atoms in total. The van der Waals surface area contributed by atoms with Crippen LogP contribution in [0.3, 0.4) is 0 Å². The number of likely N-dealkylation sites (tertiary alicyclic amines) is 1. The topological polar surface area (TPSA) is 57.6 Å². The zero-order valence-corrected chi connectivity index (χ0v) is 10.1. The summed E-state index contributed by atoms with van der Waals surface area (Å²) in [7, 11) is 0. The molecular weight excluding hydrogens is 206 g/mol. The van der Waals surface area contributed by atoms with Crippen molar-refractivity contribution in [2.24, 2.45) is 11.3 Å². The minimum Gasteiger partial charge on any atom is -0.480 e. The number of rotatable bonds is 2. The molecule has 2 fully saturated rings. The maximum Gasteiger partial charge on any atom is 0.329 e. The molecule has 1 saturated heterocycles. The molecule has 0 aromatic carbocycles. The minimum atomic E-state index is -0.976. The summed E-state index contributed by atoms with van der Waals surface area (Å²) >= 11 is 0. The lowest BCUT2D eigenvalue weighted by atomic mass is 9.98. The third-order valence-electron chi connectivity index (χ3n) is 4.18. The Morgan fingerprint density at radius 1 is 1.31 bits per heavy atom. The summed E-state index contributed by atoms with van der Waals surface area (Å²) < 4.78 is 0. The summed E-state index contributed by atoms with van der Waals surface area (Å²) in [6.45, 7) is 6.37. The van der Waals surface area contributed by atoms with Gasteiger partial charge in [-0.1, -0.05) is 13.8 Å². The molecule has 16 heavy (non-hydrogen) atoms. The van der Waals surface area contributed by atoms with Gasteiger partial charge in [-0.15, -0.1) is 0 Å². The lowest BCUT2D eigenvalue weighted by Crippen LogP contribution is -2.51. The van der Waals surface area contributed by atoms with Crippen molar-refractivity contribution < 1.29 is 14.7 Å². The van der Waals surface area contributed by atoms with Crippen molar-refractivity contribution in [1.29, 1.82) is 0 Å². The van der Waals surface area contributed by atoms with Gasteiger partial charge in [0.25, 0.3) is 0 Å². The third-order valence-corrected chi connectivity index (χ3v) is 4.18. The molecule has 1 amide bonds. The molecule has 2 atom stereocenters. The molecule has 0 bridgehead atoms. The van der Waals surface area contributed by atoms with E-state index in [2.05, 4.69) is 13.8 Å². The standard InChI is InChI=1S/C12H19NO3/c1-11(2)7-8(11)9(14)13-6-4-5-12(13,3)10(15)16/h8H,4-7H2,1-3H3,(H,15,16). The number of carbonyl (C=O) groups excluding carboxylic acids is 1. The Labute approximate surface area is 95.6 Å². The van der Waals surface area contributed by atoms with Gasteiger partial charge in [0.05, 0.1) is 0 Å². The molecule has 2 aliphatic rings. The molecule has 1 aliphatic heterocycles. The average Bonchev–Trinajstić information content (AvgIpc) is 2.63. The zero-order valence-electron chi connectivity index (χ0n) is 10.1. The molecule has 0 aromatic rings. The van der Waals surface area contributed by atoms with Crippen LogP contribution in [-0.4, -0.2) is 34.0 Å². The fourth-order valence-corrected chi connectivity index (χ4v) is 2.62. The fraction of sp³-hybridized carbons (Fsp3) is 0.833. The van der Waals surface area contributed by atoms with Crippen LogP contribution >= 0.6 is 0 Å². The van der Waals surface area contributed by atoms with Gasteiger partial charge in [-0.2, -0.15) is 0 Å². The number of carbonyl (C=O) groups is 2. The van der Waals surface area contributed by atoms with Gasteiger partial charge in [-0.25, -0.2) is 4.79 Å².